The van der Waals surface area contributed by atoms with Crippen LogP contribution in [0.2, 0.25) is 0 Å². The number of nitrogens with zero attached hydrogens (tertiary/aromatic N) is 2. The number of hydrogen-bond acceptors (Lipinski definition) is 2. The van der Waals surface area contributed by atoms with Crippen LogP contribution in [0.15, 0.2) is 30.3 Å². The Morgan fingerprint density at radius 2 is 1.95 bits per heavy atom. The van der Waals surface area contributed by atoms with Crippen molar-refractivity contribution in [3.05, 3.63) is 41.6 Å². The van der Waals surface area contributed by atoms with E-state index in [0.29, 0.717) is 18.2 Å². The second kappa shape index (κ2) is 5.83. The molecule has 1 aromatic heterocycles. The summed E-state index contributed by atoms with van der Waals surface area (Å²) < 4.78 is 1.73. The average Bonchev–Trinajstić information content (AvgIpc) is 2.89. The first kappa shape index (κ1) is 13.5. The first-order valence-electron chi connectivity index (χ1n) is 6.83. The van der Waals surface area contributed by atoms with Crippen molar-refractivity contribution in [1.82, 2.24) is 9.78 Å². The lowest BCUT2D eigenvalue weighted by molar-refractivity contribution is 0.111. The van der Waals surface area contributed by atoms with Gasteiger partial charge in [0.25, 0.3) is 0 Å². The van der Waals surface area contributed by atoms with Gasteiger partial charge in [0, 0.05) is 12.1 Å². The van der Waals surface area contributed by atoms with Crippen molar-refractivity contribution in [2.24, 2.45) is 0 Å². The normalized spacial score (nSPS) is 12.4. The maximum absolute atomic E-state index is 11.0. The predicted octanol–water partition coefficient (Wildman–Crippen LogP) is 3.90. The van der Waals surface area contributed by atoms with E-state index in [2.05, 4.69) is 43.2 Å². The highest BCUT2D eigenvalue weighted by molar-refractivity contribution is 5.75. The predicted molar refractivity (Wildman–Crippen MR) is 77.4 cm³/mol. The van der Waals surface area contributed by atoms with Crippen molar-refractivity contribution in [2.45, 2.75) is 39.7 Å². The SMILES string of the molecule is CCC(C)c1ccc(-c2cc(C=O)n(CC)n2)cc1. The van der Waals surface area contributed by atoms with E-state index in [0.717, 1.165) is 24.0 Å². The number of carbonyl (C=O) groups is 1. The van der Waals surface area contributed by atoms with Gasteiger partial charge in [-0.05, 0) is 30.9 Å². The van der Waals surface area contributed by atoms with Gasteiger partial charge < -0.3 is 0 Å². The van der Waals surface area contributed by atoms with Gasteiger partial charge in [-0.15, -0.1) is 0 Å². The monoisotopic (exact) mass is 256 g/mol. The van der Waals surface area contributed by atoms with E-state index >= 15 is 0 Å². The van der Waals surface area contributed by atoms with Gasteiger partial charge in [-0.1, -0.05) is 38.1 Å². The number of aldehydes is 1. The molecule has 0 bridgehead atoms. The Balaban J connectivity index is 2.31. The largest absolute Gasteiger partial charge is 0.296 e. The van der Waals surface area contributed by atoms with Crippen LogP contribution in [0.4, 0.5) is 0 Å². The molecule has 3 heteroatoms. The number of benzene rings is 1. The summed E-state index contributed by atoms with van der Waals surface area (Å²) in [4.78, 5) is 11.0. The molecule has 0 saturated carbocycles. The van der Waals surface area contributed by atoms with Crippen LogP contribution in [0.5, 0.6) is 0 Å². The van der Waals surface area contributed by atoms with Gasteiger partial charge in [0.05, 0.1) is 5.69 Å². The molecule has 0 aliphatic rings. The van der Waals surface area contributed by atoms with Gasteiger partial charge in [0.15, 0.2) is 6.29 Å². The number of aryl methyl sites for hydroxylation is 1. The van der Waals surface area contributed by atoms with Crippen LogP contribution in [0, 0.1) is 0 Å². The summed E-state index contributed by atoms with van der Waals surface area (Å²) >= 11 is 0. The Morgan fingerprint density at radius 1 is 1.26 bits per heavy atom. The highest BCUT2D eigenvalue weighted by Crippen LogP contribution is 2.23. The number of rotatable bonds is 5. The third-order valence-corrected chi connectivity index (χ3v) is 3.62. The fraction of sp³-hybridized carbons (Fsp3) is 0.375. The van der Waals surface area contributed by atoms with Gasteiger partial charge in [-0.3, -0.25) is 9.48 Å². The van der Waals surface area contributed by atoms with E-state index in [-0.39, 0.29) is 0 Å². The van der Waals surface area contributed by atoms with Gasteiger partial charge in [-0.2, -0.15) is 5.10 Å². The van der Waals surface area contributed by atoms with Gasteiger partial charge in [-0.25, -0.2) is 0 Å². The van der Waals surface area contributed by atoms with Crippen molar-refractivity contribution >= 4 is 6.29 Å². The van der Waals surface area contributed by atoms with E-state index in [9.17, 15) is 4.79 Å². The molecule has 0 aliphatic heterocycles. The first-order chi connectivity index (χ1) is 9.19. The summed E-state index contributed by atoms with van der Waals surface area (Å²) in [7, 11) is 0. The van der Waals surface area contributed by atoms with Gasteiger partial charge >= 0.3 is 0 Å². The molecule has 0 amide bonds. The third-order valence-electron chi connectivity index (χ3n) is 3.62. The minimum atomic E-state index is 0.577. The van der Waals surface area contributed by atoms with Crippen LogP contribution >= 0.6 is 0 Å². The Morgan fingerprint density at radius 3 is 2.42 bits per heavy atom. The highest BCUT2D eigenvalue weighted by atomic mass is 16.1. The van der Waals surface area contributed by atoms with Crippen molar-refractivity contribution < 1.29 is 4.79 Å². The minimum Gasteiger partial charge on any atom is -0.296 e. The smallest absolute Gasteiger partial charge is 0.168 e. The van der Waals surface area contributed by atoms with Crippen LogP contribution in [0.3, 0.4) is 0 Å². The molecule has 0 fully saturated rings. The second-order valence-electron chi connectivity index (χ2n) is 4.82. The van der Waals surface area contributed by atoms with Crippen LogP contribution in [0.25, 0.3) is 11.3 Å². The van der Waals surface area contributed by atoms with Crippen molar-refractivity contribution in [1.29, 1.82) is 0 Å². The third kappa shape index (κ3) is 2.75. The molecule has 0 N–H and O–H groups in total. The van der Waals surface area contributed by atoms with Crippen molar-refractivity contribution in [2.75, 3.05) is 0 Å². The van der Waals surface area contributed by atoms with E-state index in [1.54, 1.807) is 4.68 Å². The first-order valence-corrected chi connectivity index (χ1v) is 6.83. The lowest BCUT2D eigenvalue weighted by atomic mass is 9.97. The highest BCUT2D eigenvalue weighted by Gasteiger charge is 2.09. The summed E-state index contributed by atoms with van der Waals surface area (Å²) in [5, 5.41) is 4.45. The van der Waals surface area contributed by atoms with Crippen LogP contribution in [-0.4, -0.2) is 16.1 Å². The van der Waals surface area contributed by atoms with E-state index in [4.69, 9.17) is 0 Å². The molecule has 0 aliphatic carbocycles. The molecule has 2 rings (SSSR count). The van der Waals surface area contributed by atoms with Gasteiger partial charge in [0.2, 0.25) is 0 Å². The molecule has 1 heterocycles. The molecule has 1 unspecified atom stereocenters. The van der Waals surface area contributed by atoms with E-state index in [1.165, 1.54) is 5.56 Å². The summed E-state index contributed by atoms with van der Waals surface area (Å²) in [6.45, 7) is 7.11. The fourth-order valence-corrected chi connectivity index (χ4v) is 2.14. The van der Waals surface area contributed by atoms with Gasteiger partial charge in [0.1, 0.15) is 5.69 Å². The average molecular weight is 256 g/mol. The maximum Gasteiger partial charge on any atom is 0.168 e. The van der Waals surface area contributed by atoms with Crippen LogP contribution in [-0.2, 0) is 6.54 Å². The zero-order chi connectivity index (χ0) is 13.8. The quantitative estimate of drug-likeness (QED) is 0.760. The number of carbonyl (C=O) groups excluding carboxylic acids is 1. The second-order valence-corrected chi connectivity index (χ2v) is 4.82. The molecule has 2 aromatic rings. The maximum atomic E-state index is 11.0. The summed E-state index contributed by atoms with van der Waals surface area (Å²) in [6, 6.07) is 10.3. The Labute approximate surface area is 114 Å². The van der Waals surface area contributed by atoms with E-state index < -0.39 is 0 Å². The molecule has 100 valence electrons. The van der Waals surface area contributed by atoms with Crippen molar-refractivity contribution in [3.63, 3.8) is 0 Å². The van der Waals surface area contributed by atoms with E-state index in [1.807, 2.05) is 13.0 Å². The topological polar surface area (TPSA) is 34.9 Å². The molecule has 19 heavy (non-hydrogen) atoms. The zero-order valence-electron chi connectivity index (χ0n) is 11.8. The van der Waals surface area contributed by atoms with Crippen molar-refractivity contribution in [3.8, 4) is 11.3 Å². The summed E-state index contributed by atoms with van der Waals surface area (Å²) in [6.07, 6.45) is 1.99. The van der Waals surface area contributed by atoms with Crippen LogP contribution in [0.1, 0.15) is 49.2 Å². The molecular weight excluding hydrogens is 236 g/mol. The Bertz CT molecular complexity index is 555. The minimum absolute atomic E-state index is 0.577. The molecular formula is C16H20N2O. The molecule has 3 nitrogen and oxygen atoms in total. The zero-order valence-corrected chi connectivity index (χ0v) is 11.8. The molecule has 1 aromatic carbocycles. The molecule has 0 radical (unpaired) electrons. The lowest BCUT2D eigenvalue weighted by Gasteiger charge is -2.08. The summed E-state index contributed by atoms with van der Waals surface area (Å²) in [5.41, 5.74) is 3.89. The lowest BCUT2D eigenvalue weighted by Crippen LogP contribution is -2.00. The molecule has 0 spiro atoms. The Hall–Kier alpha value is -1.90. The fourth-order valence-electron chi connectivity index (χ4n) is 2.14. The number of aromatic nitrogens is 2. The number of hydrogen-bond donors (Lipinski definition) is 0. The van der Waals surface area contributed by atoms with Crippen LogP contribution < -0.4 is 0 Å². The molecule has 1 atom stereocenters. The standard InChI is InChI=1S/C16H20N2O/c1-4-12(3)13-6-8-14(9-7-13)16-10-15(11-19)18(5-2)17-16/h6-12H,4-5H2,1-3H3. The Kier molecular flexibility index (Phi) is 4.15. The summed E-state index contributed by atoms with van der Waals surface area (Å²) in [5.74, 6) is 0.577. The molecule has 0 saturated heterocycles.